The lowest BCUT2D eigenvalue weighted by Gasteiger charge is -2.08. The number of carbonyl (C=O) groups is 1. The van der Waals surface area contributed by atoms with Crippen LogP contribution in [0.5, 0.6) is 5.75 Å². The predicted molar refractivity (Wildman–Crippen MR) is 107 cm³/mol. The molecule has 0 aromatic heterocycles. The lowest BCUT2D eigenvalue weighted by Crippen LogP contribution is -2.17. The minimum Gasteiger partial charge on any atom is -0.493 e. The third-order valence-corrected chi connectivity index (χ3v) is 4.15. The molecule has 0 radical (unpaired) electrons. The molecule has 2 aromatic carbocycles. The van der Waals surface area contributed by atoms with Crippen LogP contribution in [0.2, 0.25) is 5.02 Å². The van der Waals surface area contributed by atoms with Crippen molar-refractivity contribution in [3.63, 3.8) is 0 Å². The van der Waals surface area contributed by atoms with Crippen molar-refractivity contribution in [2.24, 2.45) is 5.10 Å². The molecule has 1 amide bonds. The highest BCUT2D eigenvalue weighted by atomic mass is 35.5. The summed E-state index contributed by atoms with van der Waals surface area (Å²) in [4.78, 5) is 12.0. The van der Waals surface area contributed by atoms with Gasteiger partial charge >= 0.3 is 0 Å². The van der Waals surface area contributed by atoms with Gasteiger partial charge in [-0.25, -0.2) is 5.43 Å². The summed E-state index contributed by atoms with van der Waals surface area (Å²) in [7, 11) is 0. The van der Waals surface area contributed by atoms with Crippen LogP contribution in [0.3, 0.4) is 0 Å². The summed E-state index contributed by atoms with van der Waals surface area (Å²) in [5, 5.41) is 4.62. The lowest BCUT2D eigenvalue weighted by atomic mass is 10.2. The van der Waals surface area contributed by atoms with E-state index in [1.165, 1.54) is 25.7 Å². The number of amides is 1. The van der Waals surface area contributed by atoms with E-state index in [4.69, 9.17) is 16.3 Å². The largest absolute Gasteiger partial charge is 0.493 e. The summed E-state index contributed by atoms with van der Waals surface area (Å²) in [5.41, 5.74) is 3.85. The summed E-state index contributed by atoms with van der Waals surface area (Å²) in [5.74, 6) is 0.486. The Balaban J connectivity index is 1.85. The van der Waals surface area contributed by atoms with E-state index in [9.17, 15) is 4.79 Å². The molecule has 0 fully saturated rings. The second-order valence-corrected chi connectivity index (χ2v) is 6.44. The molecule has 5 heteroatoms. The van der Waals surface area contributed by atoms with E-state index in [0.29, 0.717) is 17.2 Å². The Morgan fingerprint density at radius 1 is 1.08 bits per heavy atom. The molecule has 1 N–H and O–H groups in total. The third kappa shape index (κ3) is 6.89. The molecular weight excluding hydrogens is 348 g/mol. The van der Waals surface area contributed by atoms with E-state index >= 15 is 0 Å². The van der Waals surface area contributed by atoms with Crippen molar-refractivity contribution in [3.8, 4) is 5.75 Å². The lowest BCUT2D eigenvalue weighted by molar-refractivity contribution is 0.0955. The van der Waals surface area contributed by atoms with Crippen LogP contribution in [0.25, 0.3) is 0 Å². The maximum Gasteiger partial charge on any atom is 0.271 e. The molecule has 2 rings (SSSR count). The highest BCUT2D eigenvalue weighted by Gasteiger charge is 2.04. The summed E-state index contributed by atoms with van der Waals surface area (Å²) >= 11 is 5.82. The van der Waals surface area contributed by atoms with Crippen molar-refractivity contribution in [2.45, 2.75) is 39.0 Å². The van der Waals surface area contributed by atoms with Crippen LogP contribution >= 0.6 is 11.6 Å². The first-order valence-electron chi connectivity index (χ1n) is 9.01. The van der Waals surface area contributed by atoms with Crippen LogP contribution in [-0.4, -0.2) is 18.7 Å². The average molecular weight is 373 g/mol. The molecule has 0 spiro atoms. The van der Waals surface area contributed by atoms with Crippen LogP contribution in [0.1, 0.15) is 54.9 Å². The standard InChI is InChI=1S/C21H25ClN2O2/c1-2-3-4-5-8-15-26-20-10-7-6-9-18(20)16-23-24-21(25)17-11-13-19(22)14-12-17/h6-7,9-14,16H,2-5,8,15H2,1H3,(H,24,25). The van der Waals surface area contributed by atoms with Gasteiger partial charge in [0.2, 0.25) is 0 Å². The minimum atomic E-state index is -0.285. The molecule has 0 aliphatic rings. The Hall–Kier alpha value is -2.33. The number of halogens is 1. The van der Waals surface area contributed by atoms with Crippen molar-refractivity contribution >= 4 is 23.7 Å². The topological polar surface area (TPSA) is 50.7 Å². The van der Waals surface area contributed by atoms with Gasteiger partial charge < -0.3 is 4.74 Å². The van der Waals surface area contributed by atoms with Gasteiger partial charge in [0.25, 0.3) is 5.91 Å². The minimum absolute atomic E-state index is 0.285. The molecule has 0 aliphatic carbocycles. The zero-order chi connectivity index (χ0) is 18.6. The molecule has 0 bridgehead atoms. The number of para-hydroxylation sites is 1. The van der Waals surface area contributed by atoms with Crippen molar-refractivity contribution < 1.29 is 9.53 Å². The van der Waals surface area contributed by atoms with Gasteiger partial charge in [-0.15, -0.1) is 0 Å². The number of carbonyl (C=O) groups excluding carboxylic acids is 1. The van der Waals surface area contributed by atoms with Crippen LogP contribution in [0, 0.1) is 0 Å². The summed E-state index contributed by atoms with van der Waals surface area (Å²) < 4.78 is 5.85. The number of nitrogens with one attached hydrogen (secondary N) is 1. The highest BCUT2D eigenvalue weighted by Crippen LogP contribution is 2.16. The Labute approximate surface area is 160 Å². The Morgan fingerprint density at radius 3 is 2.58 bits per heavy atom. The van der Waals surface area contributed by atoms with Crippen LogP contribution in [0.4, 0.5) is 0 Å². The Kier molecular flexibility index (Phi) is 8.70. The number of hydrogen-bond acceptors (Lipinski definition) is 3. The fourth-order valence-corrected chi connectivity index (χ4v) is 2.56. The van der Waals surface area contributed by atoms with Gasteiger partial charge in [0.05, 0.1) is 12.8 Å². The number of ether oxygens (including phenoxy) is 1. The maximum atomic E-state index is 12.0. The smallest absolute Gasteiger partial charge is 0.271 e. The Bertz CT molecular complexity index is 714. The molecule has 2 aromatic rings. The number of hydrogen-bond donors (Lipinski definition) is 1. The highest BCUT2D eigenvalue weighted by molar-refractivity contribution is 6.30. The van der Waals surface area contributed by atoms with Gasteiger partial charge in [-0.05, 0) is 42.8 Å². The summed E-state index contributed by atoms with van der Waals surface area (Å²) in [6.45, 7) is 2.89. The van der Waals surface area contributed by atoms with Crippen LogP contribution in [-0.2, 0) is 0 Å². The first kappa shape index (κ1) is 20.0. The summed E-state index contributed by atoms with van der Waals surface area (Å²) in [6, 6.07) is 14.3. The fourth-order valence-electron chi connectivity index (χ4n) is 2.43. The second kappa shape index (κ2) is 11.3. The van der Waals surface area contributed by atoms with Crippen LogP contribution < -0.4 is 10.2 Å². The first-order chi connectivity index (χ1) is 12.7. The molecule has 0 unspecified atom stereocenters. The SMILES string of the molecule is CCCCCCCOc1ccccc1C=NNC(=O)c1ccc(Cl)cc1. The molecule has 0 atom stereocenters. The molecule has 0 saturated carbocycles. The first-order valence-corrected chi connectivity index (χ1v) is 9.39. The van der Waals surface area contributed by atoms with Gasteiger partial charge in [0.1, 0.15) is 5.75 Å². The quantitative estimate of drug-likeness (QED) is 0.342. The summed E-state index contributed by atoms with van der Waals surface area (Å²) in [6.07, 6.45) is 7.58. The second-order valence-electron chi connectivity index (χ2n) is 6.01. The number of rotatable bonds is 10. The fraction of sp³-hybridized carbons (Fsp3) is 0.333. The number of nitrogens with zero attached hydrogens (tertiary/aromatic N) is 1. The van der Waals surface area contributed by atoms with Crippen LogP contribution in [0.15, 0.2) is 53.6 Å². The zero-order valence-electron chi connectivity index (χ0n) is 15.1. The van der Waals surface area contributed by atoms with E-state index in [2.05, 4.69) is 17.5 Å². The van der Waals surface area contributed by atoms with E-state index in [-0.39, 0.29) is 5.91 Å². The molecule has 4 nitrogen and oxygen atoms in total. The number of benzene rings is 2. The normalized spacial score (nSPS) is 10.8. The monoisotopic (exact) mass is 372 g/mol. The molecule has 0 saturated heterocycles. The average Bonchev–Trinajstić information content (AvgIpc) is 2.66. The zero-order valence-corrected chi connectivity index (χ0v) is 15.8. The van der Waals surface area contributed by atoms with Gasteiger partial charge in [-0.3, -0.25) is 4.79 Å². The van der Waals surface area contributed by atoms with E-state index < -0.39 is 0 Å². The van der Waals surface area contributed by atoms with Gasteiger partial charge in [-0.1, -0.05) is 56.3 Å². The molecule has 0 heterocycles. The van der Waals surface area contributed by atoms with E-state index in [1.807, 2.05) is 24.3 Å². The predicted octanol–water partition coefficient (Wildman–Crippen LogP) is 5.45. The molecule has 26 heavy (non-hydrogen) atoms. The maximum absolute atomic E-state index is 12.0. The van der Waals surface area contributed by atoms with Crippen molar-refractivity contribution in [2.75, 3.05) is 6.61 Å². The van der Waals surface area contributed by atoms with Crippen molar-refractivity contribution in [3.05, 3.63) is 64.7 Å². The van der Waals surface area contributed by atoms with E-state index in [1.54, 1.807) is 30.5 Å². The van der Waals surface area contributed by atoms with Gasteiger partial charge in [-0.2, -0.15) is 5.10 Å². The number of unbranched alkanes of at least 4 members (excludes halogenated alkanes) is 4. The van der Waals surface area contributed by atoms with E-state index in [0.717, 1.165) is 17.7 Å². The van der Waals surface area contributed by atoms with Crippen molar-refractivity contribution in [1.82, 2.24) is 5.43 Å². The third-order valence-electron chi connectivity index (χ3n) is 3.90. The van der Waals surface area contributed by atoms with Gasteiger partial charge in [0.15, 0.2) is 0 Å². The van der Waals surface area contributed by atoms with Gasteiger partial charge in [0, 0.05) is 16.1 Å². The molecule has 0 aliphatic heterocycles. The Morgan fingerprint density at radius 2 is 1.81 bits per heavy atom. The molecular formula is C21H25ClN2O2. The van der Waals surface area contributed by atoms with Crippen molar-refractivity contribution in [1.29, 1.82) is 0 Å². The number of hydrazone groups is 1. The molecule has 138 valence electrons.